The molecule has 1 aliphatic heterocycles. The monoisotopic (exact) mass is 388 g/mol. The third-order valence-corrected chi connectivity index (χ3v) is 5.80. The molecule has 0 atom stereocenters. The van der Waals surface area contributed by atoms with Gasteiger partial charge in [0.25, 0.3) is 10.0 Å². The van der Waals surface area contributed by atoms with Crippen molar-refractivity contribution in [1.29, 1.82) is 0 Å². The molecule has 0 bridgehead atoms. The smallest absolute Gasteiger partial charge is 0.337 e. The van der Waals surface area contributed by atoms with Gasteiger partial charge in [-0.2, -0.15) is 0 Å². The van der Waals surface area contributed by atoms with Crippen LogP contribution < -0.4 is 9.62 Å². The molecule has 0 radical (unpaired) electrons. The van der Waals surface area contributed by atoms with Gasteiger partial charge >= 0.3 is 5.97 Å². The minimum Gasteiger partial charge on any atom is -0.465 e. The molecule has 0 unspecified atom stereocenters. The number of benzene rings is 2. The van der Waals surface area contributed by atoms with Gasteiger partial charge in [-0.3, -0.25) is 9.52 Å². The maximum Gasteiger partial charge on any atom is 0.337 e. The number of nitrogens with zero attached hydrogens (tertiary/aromatic N) is 1. The van der Waals surface area contributed by atoms with Crippen molar-refractivity contribution in [2.24, 2.45) is 0 Å². The van der Waals surface area contributed by atoms with E-state index in [4.69, 9.17) is 0 Å². The summed E-state index contributed by atoms with van der Waals surface area (Å²) >= 11 is 0. The highest BCUT2D eigenvalue weighted by Crippen LogP contribution is 2.30. The molecule has 1 heterocycles. The van der Waals surface area contributed by atoms with Crippen LogP contribution in [0.15, 0.2) is 47.4 Å². The van der Waals surface area contributed by atoms with Crippen molar-refractivity contribution in [2.75, 3.05) is 23.3 Å². The maximum atomic E-state index is 12.7. The zero-order valence-electron chi connectivity index (χ0n) is 15.1. The van der Waals surface area contributed by atoms with Crippen LogP contribution in [0.4, 0.5) is 11.4 Å². The van der Waals surface area contributed by atoms with E-state index in [2.05, 4.69) is 9.46 Å². The predicted molar refractivity (Wildman–Crippen MR) is 101 cm³/mol. The summed E-state index contributed by atoms with van der Waals surface area (Å²) in [6, 6.07) is 10.7. The lowest BCUT2D eigenvalue weighted by atomic mass is 10.0. The number of esters is 1. The number of carbonyl (C=O) groups excluding carboxylic acids is 2. The van der Waals surface area contributed by atoms with Crippen LogP contribution in [0, 0.1) is 0 Å². The lowest BCUT2D eigenvalue weighted by molar-refractivity contribution is -0.116. The molecule has 7 nitrogen and oxygen atoms in total. The van der Waals surface area contributed by atoms with E-state index in [1.54, 1.807) is 17.0 Å². The van der Waals surface area contributed by atoms with Crippen molar-refractivity contribution in [3.05, 3.63) is 53.6 Å². The number of hydrogen-bond acceptors (Lipinski definition) is 5. The highest BCUT2D eigenvalue weighted by atomic mass is 32.2. The fourth-order valence-corrected chi connectivity index (χ4v) is 4.18. The Balaban J connectivity index is 1.85. The van der Waals surface area contributed by atoms with Gasteiger partial charge in [0.1, 0.15) is 0 Å². The third-order valence-electron chi connectivity index (χ3n) is 4.42. The van der Waals surface area contributed by atoms with Gasteiger partial charge in [-0.1, -0.05) is 0 Å². The van der Waals surface area contributed by atoms with Gasteiger partial charge < -0.3 is 9.64 Å². The molecule has 2 aromatic rings. The topological polar surface area (TPSA) is 92.8 Å². The molecule has 0 aromatic heterocycles. The van der Waals surface area contributed by atoms with Gasteiger partial charge in [-0.05, 0) is 60.9 Å². The Morgan fingerprint density at radius 3 is 2.44 bits per heavy atom. The Kier molecular flexibility index (Phi) is 5.18. The molecule has 0 fully saturated rings. The standard InChI is InChI=1S/C19H20N2O5S/c1-13(22)21-11-3-4-15-12-17(9-10-18(15)21)27(24,25)20-16-7-5-14(6-8-16)19(23)26-2/h5-10,12,20H,3-4,11H2,1-2H3. The van der Waals surface area contributed by atoms with Crippen molar-refractivity contribution in [3.8, 4) is 0 Å². The Hall–Kier alpha value is -2.87. The van der Waals surface area contributed by atoms with E-state index >= 15 is 0 Å². The molecule has 8 heteroatoms. The van der Waals surface area contributed by atoms with E-state index in [0.717, 1.165) is 24.1 Å². The van der Waals surface area contributed by atoms with Gasteiger partial charge in [0.2, 0.25) is 5.91 Å². The SMILES string of the molecule is COC(=O)c1ccc(NS(=O)(=O)c2ccc3c(c2)CCCN3C(C)=O)cc1. The number of carbonyl (C=O) groups is 2. The van der Waals surface area contributed by atoms with Gasteiger partial charge in [0, 0.05) is 24.8 Å². The highest BCUT2D eigenvalue weighted by Gasteiger charge is 2.23. The van der Waals surface area contributed by atoms with Crippen molar-refractivity contribution < 1.29 is 22.7 Å². The zero-order chi connectivity index (χ0) is 19.6. The number of aryl methyl sites for hydroxylation is 1. The number of methoxy groups -OCH3 is 1. The first-order chi connectivity index (χ1) is 12.8. The summed E-state index contributed by atoms with van der Waals surface area (Å²) in [6.45, 7) is 2.14. The second-order valence-electron chi connectivity index (χ2n) is 6.24. The Morgan fingerprint density at radius 1 is 1.11 bits per heavy atom. The number of fused-ring (bicyclic) bond motifs is 1. The van der Waals surface area contributed by atoms with Gasteiger partial charge in [0.05, 0.1) is 17.6 Å². The zero-order valence-corrected chi connectivity index (χ0v) is 15.9. The fraction of sp³-hybridized carbons (Fsp3) is 0.263. The molecule has 0 saturated carbocycles. The Bertz CT molecular complexity index is 984. The number of anilines is 2. The second kappa shape index (κ2) is 7.40. The molecule has 3 rings (SSSR count). The maximum absolute atomic E-state index is 12.7. The van der Waals surface area contributed by atoms with Gasteiger partial charge in [-0.25, -0.2) is 13.2 Å². The molecule has 27 heavy (non-hydrogen) atoms. The molecule has 142 valence electrons. The fourth-order valence-electron chi connectivity index (χ4n) is 3.07. The van der Waals surface area contributed by atoms with Crippen LogP contribution in [0.5, 0.6) is 0 Å². The molecule has 0 saturated heterocycles. The average molecular weight is 388 g/mol. The van der Waals surface area contributed by atoms with Crippen molar-refractivity contribution >= 4 is 33.3 Å². The number of amides is 1. The summed E-state index contributed by atoms with van der Waals surface area (Å²) < 4.78 is 32.5. The van der Waals surface area contributed by atoms with E-state index < -0.39 is 16.0 Å². The summed E-state index contributed by atoms with van der Waals surface area (Å²) in [5, 5.41) is 0. The molecular weight excluding hydrogens is 368 g/mol. The van der Waals surface area contributed by atoms with Crippen molar-refractivity contribution in [3.63, 3.8) is 0 Å². The van der Waals surface area contributed by atoms with Crippen LogP contribution >= 0.6 is 0 Å². The van der Waals surface area contributed by atoms with E-state index in [1.165, 1.54) is 44.4 Å². The average Bonchev–Trinajstić information content (AvgIpc) is 2.66. The van der Waals surface area contributed by atoms with Crippen LogP contribution in [0.1, 0.15) is 29.3 Å². The van der Waals surface area contributed by atoms with Crippen LogP contribution in [0.3, 0.4) is 0 Å². The number of hydrogen-bond donors (Lipinski definition) is 1. The van der Waals surface area contributed by atoms with Crippen LogP contribution in [0.2, 0.25) is 0 Å². The first-order valence-corrected chi connectivity index (χ1v) is 9.92. The lowest BCUT2D eigenvalue weighted by Crippen LogP contribution is -2.33. The Morgan fingerprint density at radius 2 is 1.81 bits per heavy atom. The second-order valence-corrected chi connectivity index (χ2v) is 7.92. The first kappa shape index (κ1) is 18.9. The molecular formula is C19H20N2O5S. The number of ether oxygens (including phenoxy) is 1. The third kappa shape index (κ3) is 3.95. The molecule has 0 spiro atoms. The summed E-state index contributed by atoms with van der Waals surface area (Å²) in [5.41, 5.74) is 2.26. The Labute approximate surface area is 158 Å². The molecule has 1 amide bonds. The molecule has 1 aliphatic rings. The summed E-state index contributed by atoms with van der Waals surface area (Å²) in [7, 11) is -2.51. The lowest BCUT2D eigenvalue weighted by Gasteiger charge is -2.28. The quantitative estimate of drug-likeness (QED) is 0.813. The summed E-state index contributed by atoms with van der Waals surface area (Å²) in [6.07, 6.45) is 1.51. The van der Waals surface area contributed by atoms with E-state index in [9.17, 15) is 18.0 Å². The van der Waals surface area contributed by atoms with E-state index in [-0.39, 0.29) is 10.8 Å². The molecule has 2 aromatic carbocycles. The summed E-state index contributed by atoms with van der Waals surface area (Å²) in [4.78, 5) is 25.0. The minimum atomic E-state index is -3.79. The molecule has 0 aliphatic carbocycles. The number of sulfonamides is 1. The van der Waals surface area contributed by atoms with Crippen molar-refractivity contribution in [2.45, 2.75) is 24.7 Å². The van der Waals surface area contributed by atoms with Crippen LogP contribution in [-0.4, -0.2) is 33.9 Å². The largest absolute Gasteiger partial charge is 0.465 e. The number of nitrogens with one attached hydrogen (secondary N) is 1. The minimum absolute atomic E-state index is 0.0598. The van der Waals surface area contributed by atoms with Crippen molar-refractivity contribution in [1.82, 2.24) is 0 Å². The van der Waals surface area contributed by atoms with E-state index in [0.29, 0.717) is 17.8 Å². The van der Waals surface area contributed by atoms with Gasteiger partial charge in [-0.15, -0.1) is 0 Å². The van der Waals surface area contributed by atoms with Crippen LogP contribution in [0.25, 0.3) is 0 Å². The highest BCUT2D eigenvalue weighted by molar-refractivity contribution is 7.92. The van der Waals surface area contributed by atoms with Crippen LogP contribution in [-0.2, 0) is 26.0 Å². The first-order valence-electron chi connectivity index (χ1n) is 8.44. The normalized spacial score (nSPS) is 13.6. The van der Waals surface area contributed by atoms with Gasteiger partial charge in [0.15, 0.2) is 0 Å². The predicted octanol–water partition coefficient (Wildman–Crippen LogP) is 2.57. The number of rotatable bonds is 4. The molecule has 1 N–H and O–H groups in total. The summed E-state index contributed by atoms with van der Waals surface area (Å²) in [5.74, 6) is -0.551. The van der Waals surface area contributed by atoms with E-state index in [1.807, 2.05) is 0 Å².